The van der Waals surface area contributed by atoms with E-state index in [1.54, 1.807) is 0 Å². The van der Waals surface area contributed by atoms with Gasteiger partial charge in [-0.3, -0.25) is 4.40 Å². The highest BCUT2D eigenvalue weighted by Gasteiger charge is 2.21. The zero-order valence-corrected chi connectivity index (χ0v) is 19.3. The number of hydrogen-bond donors (Lipinski definition) is 0. The lowest BCUT2D eigenvalue weighted by molar-refractivity contribution is 0.671. The van der Waals surface area contributed by atoms with E-state index < -0.39 is 0 Å². The summed E-state index contributed by atoms with van der Waals surface area (Å²) in [7, 11) is 0. The Morgan fingerprint density at radius 3 is 2.34 bits per heavy atom. The Hall–Kier alpha value is -4.41. The van der Waals surface area contributed by atoms with Crippen LogP contribution >= 0.6 is 11.3 Å². The van der Waals surface area contributed by atoms with Gasteiger partial charge < -0.3 is 4.42 Å². The molecule has 0 radical (unpaired) electrons. The molecule has 0 aliphatic rings. The Kier molecular flexibility index (Phi) is 3.17. The molecule has 0 aliphatic carbocycles. The first-order chi connectivity index (χ1) is 17.4. The summed E-state index contributed by atoms with van der Waals surface area (Å²) in [6.07, 6.45) is 0. The fraction of sp³-hybridized carbons (Fsp3) is 0. The van der Waals surface area contributed by atoms with Crippen LogP contribution in [0, 0.1) is 0 Å². The third-order valence-corrected chi connectivity index (χ3v) is 8.57. The Bertz CT molecular complexity index is 2330. The van der Waals surface area contributed by atoms with Crippen LogP contribution in [-0.2, 0) is 0 Å². The molecule has 4 heterocycles. The van der Waals surface area contributed by atoms with Crippen molar-refractivity contribution in [3.05, 3.63) is 97.1 Å². The number of nitrogens with zero attached hydrogens (tertiary/aromatic N) is 2. The predicted molar refractivity (Wildman–Crippen MR) is 148 cm³/mol. The van der Waals surface area contributed by atoms with Gasteiger partial charge >= 0.3 is 0 Å². The minimum absolute atomic E-state index is 0.910. The molecular weight excluding hydrogens is 448 g/mol. The average Bonchev–Trinajstić information content (AvgIpc) is 3.59. The minimum Gasteiger partial charge on any atom is -0.454 e. The van der Waals surface area contributed by atoms with Crippen LogP contribution in [0.4, 0.5) is 0 Å². The van der Waals surface area contributed by atoms with Crippen LogP contribution in [0.2, 0.25) is 0 Å². The van der Waals surface area contributed by atoms with Crippen LogP contribution in [0.15, 0.2) is 101 Å². The van der Waals surface area contributed by atoms with Gasteiger partial charge in [-0.2, -0.15) is 0 Å². The van der Waals surface area contributed by atoms with Crippen molar-refractivity contribution in [2.24, 2.45) is 0 Å². The van der Waals surface area contributed by atoms with E-state index >= 15 is 0 Å². The molecule has 35 heavy (non-hydrogen) atoms. The molecule has 0 spiro atoms. The summed E-state index contributed by atoms with van der Waals surface area (Å²) in [6, 6.07) is 34.4. The number of thiophene rings is 1. The second kappa shape index (κ2) is 6.17. The molecule has 5 aromatic carbocycles. The first-order valence-corrected chi connectivity index (χ1v) is 12.6. The first kappa shape index (κ1) is 18.0. The first-order valence-electron chi connectivity index (χ1n) is 11.7. The van der Waals surface area contributed by atoms with Crippen molar-refractivity contribution in [1.29, 1.82) is 0 Å². The lowest BCUT2D eigenvalue weighted by Crippen LogP contribution is -1.92. The van der Waals surface area contributed by atoms with Gasteiger partial charge in [0.1, 0.15) is 11.2 Å². The van der Waals surface area contributed by atoms with Crippen molar-refractivity contribution >= 4 is 91.8 Å². The maximum Gasteiger partial charge on any atom is 0.160 e. The molecule has 0 saturated carbocycles. The van der Waals surface area contributed by atoms with Gasteiger partial charge in [-0.25, -0.2) is 4.98 Å². The molecule has 0 saturated heterocycles. The molecular formula is C31H16N2OS. The van der Waals surface area contributed by atoms with Crippen molar-refractivity contribution in [2.45, 2.75) is 0 Å². The van der Waals surface area contributed by atoms with E-state index in [2.05, 4.69) is 89.3 Å². The van der Waals surface area contributed by atoms with Gasteiger partial charge in [0, 0.05) is 41.7 Å². The van der Waals surface area contributed by atoms with Crippen LogP contribution < -0.4 is 0 Å². The fourth-order valence-electron chi connectivity index (χ4n) is 5.87. The summed E-state index contributed by atoms with van der Waals surface area (Å²) in [5.41, 5.74) is 5.98. The van der Waals surface area contributed by atoms with Gasteiger partial charge in [0.2, 0.25) is 0 Å². The maximum atomic E-state index is 6.53. The van der Waals surface area contributed by atoms with E-state index in [-0.39, 0.29) is 0 Å². The van der Waals surface area contributed by atoms with Crippen molar-refractivity contribution in [3.8, 4) is 0 Å². The van der Waals surface area contributed by atoms with E-state index in [4.69, 9.17) is 9.40 Å². The third kappa shape index (κ3) is 2.14. The lowest BCUT2D eigenvalue weighted by Gasteiger charge is -2.10. The number of para-hydroxylation sites is 3. The van der Waals surface area contributed by atoms with Crippen molar-refractivity contribution < 1.29 is 4.42 Å². The van der Waals surface area contributed by atoms with Crippen molar-refractivity contribution in [3.63, 3.8) is 0 Å². The van der Waals surface area contributed by atoms with Gasteiger partial charge in [-0.05, 0) is 35.7 Å². The van der Waals surface area contributed by atoms with Crippen LogP contribution in [-0.4, -0.2) is 9.38 Å². The normalized spacial score (nSPS) is 12.6. The van der Waals surface area contributed by atoms with Crippen molar-refractivity contribution in [2.75, 3.05) is 0 Å². The van der Waals surface area contributed by atoms with Crippen LogP contribution in [0.5, 0.6) is 0 Å². The second-order valence-electron chi connectivity index (χ2n) is 9.16. The molecule has 0 fully saturated rings. The third-order valence-electron chi connectivity index (χ3n) is 7.37. The zero-order valence-electron chi connectivity index (χ0n) is 18.4. The number of pyridine rings is 1. The van der Waals surface area contributed by atoms with Crippen LogP contribution in [0.3, 0.4) is 0 Å². The molecule has 4 heteroatoms. The zero-order chi connectivity index (χ0) is 22.7. The van der Waals surface area contributed by atoms with Gasteiger partial charge in [-0.15, -0.1) is 11.3 Å². The molecule has 9 rings (SSSR count). The molecule has 0 amide bonds. The number of furan rings is 1. The number of benzene rings is 5. The highest BCUT2D eigenvalue weighted by Crippen LogP contribution is 2.44. The number of hydrogen-bond acceptors (Lipinski definition) is 3. The highest BCUT2D eigenvalue weighted by atomic mass is 32.1. The minimum atomic E-state index is 0.910. The summed E-state index contributed by atoms with van der Waals surface area (Å²) in [5, 5.41) is 8.47. The average molecular weight is 465 g/mol. The summed E-state index contributed by atoms with van der Waals surface area (Å²) >= 11 is 1.86. The standard InChI is InChI=1S/C31H16N2OS/c1-5-11-25-17(7-1)21-15-14-20-19-13-16-22-18-8-2-6-12-26(18)35-30(22)27(19)31-32-23-9-3-4-10-24(23)33(31)28(20)29(21)34-25/h1-16H. The SMILES string of the molecule is c1ccc2c(c1)nc1c3c(ccc4c5ccccc5sc43)c3ccc4c5ccccc5oc4c3n21. The largest absolute Gasteiger partial charge is 0.454 e. The van der Waals surface area contributed by atoms with E-state index in [1.807, 2.05) is 23.5 Å². The number of fused-ring (bicyclic) bond motifs is 16. The highest BCUT2D eigenvalue weighted by molar-refractivity contribution is 7.26. The predicted octanol–water partition coefficient (Wildman–Crippen LogP) is 9.06. The fourth-order valence-corrected chi connectivity index (χ4v) is 7.12. The maximum absolute atomic E-state index is 6.53. The van der Waals surface area contributed by atoms with E-state index in [0.29, 0.717) is 0 Å². The summed E-state index contributed by atoms with van der Waals surface area (Å²) < 4.78 is 11.4. The summed E-state index contributed by atoms with van der Waals surface area (Å²) in [4.78, 5) is 5.20. The van der Waals surface area contributed by atoms with E-state index in [9.17, 15) is 0 Å². The topological polar surface area (TPSA) is 30.4 Å². The number of imidazole rings is 1. The Morgan fingerprint density at radius 1 is 0.629 bits per heavy atom. The molecule has 0 N–H and O–H groups in total. The molecule has 0 unspecified atom stereocenters. The summed E-state index contributed by atoms with van der Waals surface area (Å²) in [6.45, 7) is 0. The number of aromatic nitrogens is 2. The van der Waals surface area contributed by atoms with Gasteiger partial charge in [0.15, 0.2) is 5.58 Å². The van der Waals surface area contributed by atoms with Gasteiger partial charge in [-0.1, -0.05) is 66.7 Å². The van der Waals surface area contributed by atoms with Crippen LogP contribution in [0.25, 0.3) is 80.5 Å². The Labute approximate surface area is 202 Å². The Morgan fingerprint density at radius 2 is 1.37 bits per heavy atom. The van der Waals surface area contributed by atoms with E-state index in [1.165, 1.54) is 36.3 Å². The molecule has 162 valence electrons. The molecule has 0 atom stereocenters. The van der Waals surface area contributed by atoms with Crippen LogP contribution in [0.1, 0.15) is 0 Å². The molecule has 3 nitrogen and oxygen atoms in total. The van der Waals surface area contributed by atoms with Gasteiger partial charge in [0.05, 0.1) is 16.6 Å². The van der Waals surface area contributed by atoms with E-state index in [0.717, 1.165) is 44.1 Å². The lowest BCUT2D eigenvalue weighted by atomic mass is 10.0. The monoisotopic (exact) mass is 464 g/mol. The Balaban J connectivity index is 1.65. The molecule has 0 bridgehead atoms. The smallest absolute Gasteiger partial charge is 0.160 e. The molecule has 9 aromatic rings. The second-order valence-corrected chi connectivity index (χ2v) is 10.2. The van der Waals surface area contributed by atoms with Crippen molar-refractivity contribution in [1.82, 2.24) is 9.38 Å². The summed E-state index contributed by atoms with van der Waals surface area (Å²) in [5.74, 6) is 0. The molecule has 4 aromatic heterocycles. The number of rotatable bonds is 0. The molecule has 0 aliphatic heterocycles. The quantitative estimate of drug-likeness (QED) is 0.210. The van der Waals surface area contributed by atoms with Gasteiger partial charge in [0.25, 0.3) is 0 Å².